The Kier molecular flexibility index (Phi) is 4.65. The van der Waals surface area contributed by atoms with Crippen molar-refractivity contribution in [3.05, 3.63) is 35.4 Å². The Balaban J connectivity index is 2.53. The highest BCUT2D eigenvalue weighted by molar-refractivity contribution is 5.18. The predicted molar refractivity (Wildman–Crippen MR) is 54.5 cm³/mol. The summed E-state index contributed by atoms with van der Waals surface area (Å²) in [5, 5.41) is 3.04. The van der Waals surface area contributed by atoms with Crippen LogP contribution in [0.5, 0.6) is 0 Å². The van der Waals surface area contributed by atoms with E-state index in [-0.39, 0.29) is 6.04 Å². The van der Waals surface area contributed by atoms with Gasteiger partial charge in [-0.2, -0.15) is 0 Å². The minimum atomic E-state index is -0.424. The van der Waals surface area contributed by atoms with Crippen LogP contribution in [0.2, 0.25) is 0 Å². The number of rotatable bonds is 5. The quantitative estimate of drug-likeness (QED) is 0.812. The molecule has 0 saturated carbocycles. The lowest BCUT2D eigenvalue weighted by Crippen LogP contribution is -2.29. The Morgan fingerprint density at radius 2 is 2.13 bits per heavy atom. The highest BCUT2D eigenvalue weighted by atomic mass is 19.1. The zero-order chi connectivity index (χ0) is 11.3. The van der Waals surface area contributed by atoms with E-state index in [9.17, 15) is 8.78 Å². The fourth-order valence-electron chi connectivity index (χ4n) is 1.27. The average molecular weight is 215 g/mol. The number of benzene rings is 1. The van der Waals surface area contributed by atoms with Gasteiger partial charge in [0.2, 0.25) is 0 Å². The molecule has 1 rings (SSSR count). The molecule has 0 saturated heterocycles. The molecule has 0 spiro atoms. The monoisotopic (exact) mass is 215 g/mol. The van der Waals surface area contributed by atoms with Crippen LogP contribution in [-0.4, -0.2) is 19.8 Å². The van der Waals surface area contributed by atoms with Crippen molar-refractivity contribution < 1.29 is 13.5 Å². The Morgan fingerprint density at radius 3 is 2.80 bits per heavy atom. The van der Waals surface area contributed by atoms with Crippen LogP contribution in [0, 0.1) is 11.6 Å². The third-order valence-corrected chi connectivity index (χ3v) is 2.07. The summed E-state index contributed by atoms with van der Waals surface area (Å²) in [4.78, 5) is 0. The van der Waals surface area contributed by atoms with Crippen molar-refractivity contribution >= 4 is 0 Å². The molecule has 1 N–H and O–H groups in total. The van der Waals surface area contributed by atoms with Gasteiger partial charge in [-0.05, 0) is 25.1 Å². The number of ether oxygens (including phenoxy) is 1. The normalized spacial score (nSPS) is 12.8. The van der Waals surface area contributed by atoms with Gasteiger partial charge in [0.05, 0.1) is 6.61 Å². The molecule has 0 amide bonds. The third kappa shape index (κ3) is 3.93. The van der Waals surface area contributed by atoms with Gasteiger partial charge < -0.3 is 10.1 Å². The van der Waals surface area contributed by atoms with Gasteiger partial charge in [-0.25, -0.2) is 8.78 Å². The summed E-state index contributed by atoms with van der Waals surface area (Å²) in [5.41, 5.74) is 0.331. The van der Waals surface area contributed by atoms with Gasteiger partial charge in [0, 0.05) is 25.3 Å². The second-order valence-electron chi connectivity index (χ2n) is 3.47. The van der Waals surface area contributed by atoms with Crippen LogP contribution in [-0.2, 0) is 11.3 Å². The summed E-state index contributed by atoms with van der Waals surface area (Å²) >= 11 is 0. The van der Waals surface area contributed by atoms with E-state index in [0.29, 0.717) is 18.7 Å². The highest BCUT2D eigenvalue weighted by Crippen LogP contribution is 2.09. The molecule has 2 nitrogen and oxygen atoms in total. The van der Waals surface area contributed by atoms with Gasteiger partial charge in [-0.15, -0.1) is 0 Å². The maximum absolute atomic E-state index is 13.2. The summed E-state index contributed by atoms with van der Waals surface area (Å²) in [6, 6.07) is 3.55. The van der Waals surface area contributed by atoms with Crippen molar-refractivity contribution in [2.75, 3.05) is 13.7 Å². The van der Waals surface area contributed by atoms with Crippen molar-refractivity contribution in [2.24, 2.45) is 0 Å². The molecule has 15 heavy (non-hydrogen) atoms. The van der Waals surface area contributed by atoms with Crippen LogP contribution < -0.4 is 5.32 Å². The fourth-order valence-corrected chi connectivity index (χ4v) is 1.27. The molecular weight excluding hydrogens is 200 g/mol. The topological polar surface area (TPSA) is 21.3 Å². The Morgan fingerprint density at radius 1 is 1.40 bits per heavy atom. The van der Waals surface area contributed by atoms with Crippen molar-refractivity contribution in [2.45, 2.75) is 19.5 Å². The minimum absolute atomic E-state index is 0.109. The lowest BCUT2D eigenvalue weighted by atomic mass is 10.2. The molecule has 0 aliphatic heterocycles. The fraction of sp³-hybridized carbons (Fsp3) is 0.455. The van der Waals surface area contributed by atoms with Crippen molar-refractivity contribution in [1.82, 2.24) is 5.32 Å². The Labute approximate surface area is 88.3 Å². The van der Waals surface area contributed by atoms with Crippen LogP contribution in [0.25, 0.3) is 0 Å². The molecule has 84 valence electrons. The zero-order valence-electron chi connectivity index (χ0n) is 8.89. The molecule has 0 bridgehead atoms. The van der Waals surface area contributed by atoms with E-state index in [1.807, 2.05) is 6.92 Å². The summed E-state index contributed by atoms with van der Waals surface area (Å²) in [6.07, 6.45) is 0. The van der Waals surface area contributed by atoms with E-state index in [4.69, 9.17) is 4.74 Å². The van der Waals surface area contributed by atoms with Gasteiger partial charge in [-0.3, -0.25) is 0 Å². The highest BCUT2D eigenvalue weighted by Gasteiger charge is 2.05. The summed E-state index contributed by atoms with van der Waals surface area (Å²) < 4.78 is 30.9. The van der Waals surface area contributed by atoms with E-state index in [2.05, 4.69) is 5.32 Å². The molecule has 0 radical (unpaired) electrons. The Bertz CT molecular complexity index is 317. The van der Waals surface area contributed by atoms with Gasteiger partial charge in [0.25, 0.3) is 0 Å². The van der Waals surface area contributed by atoms with Gasteiger partial charge in [0.1, 0.15) is 11.6 Å². The van der Waals surface area contributed by atoms with Crippen LogP contribution in [0.4, 0.5) is 8.78 Å². The largest absolute Gasteiger partial charge is 0.383 e. The van der Waals surface area contributed by atoms with E-state index < -0.39 is 11.6 Å². The maximum atomic E-state index is 13.2. The first-order chi connectivity index (χ1) is 7.13. The average Bonchev–Trinajstić information content (AvgIpc) is 2.20. The molecule has 0 heterocycles. The van der Waals surface area contributed by atoms with E-state index in [1.165, 1.54) is 6.07 Å². The summed E-state index contributed by atoms with van der Waals surface area (Å²) in [6.45, 7) is 2.76. The first-order valence-corrected chi connectivity index (χ1v) is 4.79. The molecule has 0 aromatic heterocycles. The SMILES string of the molecule is COC[C@H](C)NCc1cc(F)ccc1F. The van der Waals surface area contributed by atoms with Crippen molar-refractivity contribution in [3.8, 4) is 0 Å². The van der Waals surface area contributed by atoms with Crippen LogP contribution in [0.1, 0.15) is 12.5 Å². The lowest BCUT2D eigenvalue weighted by molar-refractivity contribution is 0.171. The Hall–Kier alpha value is -1.00. The second-order valence-corrected chi connectivity index (χ2v) is 3.47. The molecule has 1 aromatic rings. The van der Waals surface area contributed by atoms with E-state index in [0.717, 1.165) is 12.1 Å². The molecule has 0 aliphatic carbocycles. The van der Waals surface area contributed by atoms with Crippen LogP contribution >= 0.6 is 0 Å². The van der Waals surface area contributed by atoms with Gasteiger partial charge in [0.15, 0.2) is 0 Å². The zero-order valence-corrected chi connectivity index (χ0v) is 8.89. The van der Waals surface area contributed by atoms with Crippen LogP contribution in [0.3, 0.4) is 0 Å². The lowest BCUT2D eigenvalue weighted by Gasteiger charge is -2.12. The third-order valence-electron chi connectivity index (χ3n) is 2.07. The summed E-state index contributed by atoms with van der Waals surface area (Å²) in [7, 11) is 1.60. The van der Waals surface area contributed by atoms with Crippen LogP contribution in [0.15, 0.2) is 18.2 Å². The van der Waals surface area contributed by atoms with Gasteiger partial charge >= 0.3 is 0 Å². The number of hydrogen-bond donors (Lipinski definition) is 1. The molecular formula is C11H15F2NO. The van der Waals surface area contributed by atoms with Crippen molar-refractivity contribution in [3.63, 3.8) is 0 Å². The predicted octanol–water partition coefficient (Wildman–Crippen LogP) is 2.09. The standard InChI is InChI=1S/C11H15F2NO/c1-8(7-15-2)14-6-9-5-10(12)3-4-11(9)13/h3-5,8,14H,6-7H2,1-2H3/t8-/m0/s1. The number of hydrogen-bond acceptors (Lipinski definition) is 2. The summed E-state index contributed by atoms with van der Waals surface area (Å²) in [5.74, 6) is -0.818. The van der Waals surface area contributed by atoms with Crippen molar-refractivity contribution in [1.29, 1.82) is 0 Å². The van der Waals surface area contributed by atoms with Gasteiger partial charge in [-0.1, -0.05) is 0 Å². The maximum Gasteiger partial charge on any atom is 0.127 e. The molecule has 0 aliphatic rings. The first kappa shape index (κ1) is 12.1. The molecule has 0 fully saturated rings. The first-order valence-electron chi connectivity index (χ1n) is 4.79. The smallest absolute Gasteiger partial charge is 0.127 e. The van der Waals surface area contributed by atoms with E-state index >= 15 is 0 Å². The molecule has 1 atom stereocenters. The number of methoxy groups -OCH3 is 1. The second kappa shape index (κ2) is 5.78. The molecule has 4 heteroatoms. The number of nitrogens with one attached hydrogen (secondary N) is 1. The minimum Gasteiger partial charge on any atom is -0.383 e. The number of halogens is 2. The molecule has 0 unspecified atom stereocenters. The molecule has 1 aromatic carbocycles. The van der Waals surface area contributed by atoms with E-state index in [1.54, 1.807) is 7.11 Å².